The van der Waals surface area contributed by atoms with Crippen LogP contribution in [0, 0.1) is 0 Å². The monoisotopic (exact) mass is 568 g/mol. The maximum absolute atomic E-state index is 14.3. The summed E-state index contributed by atoms with van der Waals surface area (Å²) < 4.78 is 2.03. The van der Waals surface area contributed by atoms with Crippen molar-refractivity contribution in [1.29, 1.82) is 0 Å². The molecular weight excluding hydrogens is 544 g/mol. The molecule has 0 radical (unpaired) electrons. The largest absolute Gasteiger partial charge is 0.308 e. The van der Waals surface area contributed by atoms with Gasteiger partial charge in [0.1, 0.15) is 0 Å². The van der Waals surface area contributed by atoms with Crippen LogP contribution in [0.15, 0.2) is 146 Å². The normalized spacial score (nSPS) is 12.7. The first-order valence-corrected chi connectivity index (χ1v) is 14.4. The van der Waals surface area contributed by atoms with Crippen molar-refractivity contribution in [3.63, 3.8) is 0 Å². The molecule has 0 spiro atoms. The molecule has 0 unspecified atom stereocenters. The summed E-state index contributed by atoms with van der Waals surface area (Å²) in [5.41, 5.74) is 6.52. The zero-order valence-corrected chi connectivity index (χ0v) is 23.5. The molecule has 0 saturated heterocycles. The smallest absolute Gasteiger partial charge is 0.268 e. The minimum Gasteiger partial charge on any atom is -0.308 e. The SMILES string of the molecule is O=C(c1ccccc1)c1ccc2c(c1)c1ccccc1n2-c1cccc2c1C(=O)N(c1ccccc1-c1ccccc1)C2=O. The Bertz CT molecular complexity index is 2280. The van der Waals surface area contributed by atoms with Gasteiger partial charge in [-0.15, -0.1) is 0 Å². The average molecular weight is 569 g/mol. The number of hydrogen-bond acceptors (Lipinski definition) is 3. The molecule has 8 rings (SSSR count). The summed E-state index contributed by atoms with van der Waals surface area (Å²) in [6.45, 7) is 0. The van der Waals surface area contributed by atoms with E-state index in [1.807, 2.05) is 144 Å². The molecule has 0 bridgehead atoms. The highest BCUT2D eigenvalue weighted by molar-refractivity contribution is 6.36. The number of amides is 2. The van der Waals surface area contributed by atoms with Crippen molar-refractivity contribution in [3.05, 3.63) is 168 Å². The molecule has 6 aromatic carbocycles. The third-order valence-corrected chi connectivity index (χ3v) is 8.33. The zero-order valence-electron chi connectivity index (χ0n) is 23.5. The Balaban J connectivity index is 1.31. The van der Waals surface area contributed by atoms with Crippen LogP contribution in [0.3, 0.4) is 0 Å². The predicted octanol–water partition coefficient (Wildman–Crippen LogP) is 8.48. The van der Waals surface area contributed by atoms with Crippen LogP contribution in [0.1, 0.15) is 36.6 Å². The fourth-order valence-electron chi connectivity index (χ4n) is 6.33. The molecule has 5 heteroatoms. The molecule has 5 nitrogen and oxygen atoms in total. The maximum atomic E-state index is 14.3. The molecule has 2 amide bonds. The van der Waals surface area contributed by atoms with Crippen molar-refractivity contribution < 1.29 is 14.4 Å². The van der Waals surface area contributed by atoms with Crippen LogP contribution in [0.2, 0.25) is 0 Å². The quantitative estimate of drug-likeness (QED) is 0.155. The predicted molar refractivity (Wildman–Crippen MR) is 174 cm³/mol. The minimum atomic E-state index is -0.370. The summed E-state index contributed by atoms with van der Waals surface area (Å²) in [5, 5.41) is 1.84. The number of imide groups is 1. The fraction of sp³-hybridized carbons (Fsp3) is 0. The van der Waals surface area contributed by atoms with Gasteiger partial charge in [-0.3, -0.25) is 14.4 Å². The molecule has 208 valence electrons. The Labute approximate surface area is 253 Å². The topological polar surface area (TPSA) is 59.4 Å². The highest BCUT2D eigenvalue weighted by atomic mass is 16.2. The molecule has 0 atom stereocenters. The molecule has 1 aliphatic heterocycles. The van der Waals surface area contributed by atoms with Gasteiger partial charge in [0.15, 0.2) is 5.78 Å². The van der Waals surface area contributed by atoms with Crippen molar-refractivity contribution in [1.82, 2.24) is 4.57 Å². The molecule has 0 N–H and O–H groups in total. The van der Waals surface area contributed by atoms with E-state index in [0.29, 0.717) is 33.6 Å². The van der Waals surface area contributed by atoms with Gasteiger partial charge in [-0.1, -0.05) is 103 Å². The summed E-state index contributed by atoms with van der Waals surface area (Å²) in [5.74, 6) is -0.782. The number of benzene rings is 6. The van der Waals surface area contributed by atoms with E-state index in [1.165, 1.54) is 4.90 Å². The van der Waals surface area contributed by atoms with Crippen LogP contribution in [0.4, 0.5) is 5.69 Å². The van der Waals surface area contributed by atoms with Gasteiger partial charge in [0.2, 0.25) is 0 Å². The zero-order chi connectivity index (χ0) is 29.8. The van der Waals surface area contributed by atoms with Crippen molar-refractivity contribution in [2.75, 3.05) is 4.90 Å². The Morgan fingerprint density at radius 2 is 1.11 bits per heavy atom. The fourth-order valence-corrected chi connectivity index (χ4v) is 6.33. The summed E-state index contributed by atoms with van der Waals surface area (Å²) >= 11 is 0. The maximum Gasteiger partial charge on any atom is 0.268 e. The van der Waals surface area contributed by atoms with Gasteiger partial charge in [-0.2, -0.15) is 0 Å². The Morgan fingerprint density at radius 1 is 0.477 bits per heavy atom. The number of anilines is 1. The first kappa shape index (κ1) is 25.6. The lowest BCUT2D eigenvalue weighted by Gasteiger charge is -2.18. The van der Waals surface area contributed by atoms with E-state index in [4.69, 9.17) is 0 Å². The molecule has 0 aliphatic carbocycles. The van der Waals surface area contributed by atoms with E-state index in [1.54, 1.807) is 6.07 Å². The minimum absolute atomic E-state index is 0.0570. The van der Waals surface area contributed by atoms with Crippen molar-refractivity contribution >= 4 is 45.1 Å². The van der Waals surface area contributed by atoms with Crippen molar-refractivity contribution in [3.8, 4) is 16.8 Å². The number of hydrogen-bond donors (Lipinski definition) is 0. The number of carbonyl (C=O) groups is 3. The standard InChI is InChI=1S/C39H24N2O3/c42-37(26-14-5-2-6-15-26)27-22-23-34-31(24-27)29-17-8-10-20-33(29)40(34)35-21-11-18-30-36(35)39(44)41(38(30)43)32-19-9-7-16-28(32)25-12-3-1-4-13-25/h1-24H. The Morgan fingerprint density at radius 3 is 1.93 bits per heavy atom. The van der Waals surface area contributed by atoms with Gasteiger partial charge in [0.05, 0.1) is 33.5 Å². The van der Waals surface area contributed by atoms with Crippen molar-refractivity contribution in [2.24, 2.45) is 0 Å². The third kappa shape index (κ3) is 3.83. The lowest BCUT2D eigenvalue weighted by atomic mass is 10.0. The molecule has 44 heavy (non-hydrogen) atoms. The Hall–Kier alpha value is -6.07. The van der Waals surface area contributed by atoms with Crippen molar-refractivity contribution in [2.45, 2.75) is 0 Å². The number of nitrogens with zero attached hydrogens (tertiary/aromatic N) is 2. The lowest BCUT2D eigenvalue weighted by molar-refractivity contribution is 0.0925. The van der Waals surface area contributed by atoms with Crippen LogP contribution in [-0.4, -0.2) is 22.2 Å². The van der Waals surface area contributed by atoms with Gasteiger partial charge in [0, 0.05) is 27.5 Å². The van der Waals surface area contributed by atoms with Gasteiger partial charge in [-0.25, -0.2) is 4.90 Å². The summed E-state index contributed by atoms with van der Waals surface area (Å²) in [6.07, 6.45) is 0. The number of carbonyl (C=O) groups excluding carboxylic acids is 3. The van der Waals surface area contributed by atoms with E-state index >= 15 is 0 Å². The molecule has 7 aromatic rings. The van der Waals surface area contributed by atoms with Crippen LogP contribution in [-0.2, 0) is 0 Å². The first-order chi connectivity index (χ1) is 21.6. The van der Waals surface area contributed by atoms with Gasteiger partial charge < -0.3 is 4.57 Å². The second-order valence-electron chi connectivity index (χ2n) is 10.8. The van der Waals surface area contributed by atoms with Crippen LogP contribution in [0.25, 0.3) is 38.6 Å². The summed E-state index contributed by atoms with van der Waals surface area (Å²) in [7, 11) is 0. The molecule has 0 saturated carbocycles. The third-order valence-electron chi connectivity index (χ3n) is 8.33. The van der Waals surface area contributed by atoms with Gasteiger partial charge in [0.25, 0.3) is 11.8 Å². The van der Waals surface area contributed by atoms with Gasteiger partial charge >= 0.3 is 0 Å². The van der Waals surface area contributed by atoms with E-state index in [9.17, 15) is 14.4 Å². The van der Waals surface area contributed by atoms with Gasteiger partial charge in [-0.05, 0) is 48.0 Å². The molecule has 0 fully saturated rings. The van der Waals surface area contributed by atoms with E-state index in [2.05, 4.69) is 0 Å². The molecule has 1 aliphatic rings. The second kappa shape index (κ2) is 10.0. The summed E-state index contributed by atoms with van der Waals surface area (Å²) in [4.78, 5) is 42.9. The first-order valence-electron chi connectivity index (χ1n) is 14.4. The number of fused-ring (bicyclic) bond motifs is 4. The highest BCUT2D eigenvalue weighted by Crippen LogP contribution is 2.40. The number of aromatic nitrogens is 1. The average Bonchev–Trinajstić information content (AvgIpc) is 3.55. The molecule has 2 heterocycles. The molecular formula is C39H24N2O3. The number of ketones is 1. The van der Waals surface area contributed by atoms with E-state index in [-0.39, 0.29) is 17.6 Å². The lowest BCUT2D eigenvalue weighted by Crippen LogP contribution is -2.30. The number of para-hydroxylation sites is 2. The molecule has 1 aromatic heterocycles. The number of rotatable bonds is 5. The second-order valence-corrected chi connectivity index (χ2v) is 10.8. The van der Waals surface area contributed by atoms with E-state index < -0.39 is 0 Å². The van der Waals surface area contributed by atoms with Crippen LogP contribution >= 0.6 is 0 Å². The Kier molecular flexibility index (Phi) is 5.84. The van der Waals surface area contributed by atoms with Crippen LogP contribution < -0.4 is 4.90 Å². The highest BCUT2D eigenvalue weighted by Gasteiger charge is 2.40. The summed E-state index contributed by atoms with van der Waals surface area (Å²) in [6, 6.07) is 45.5. The van der Waals surface area contributed by atoms with Crippen LogP contribution in [0.5, 0.6) is 0 Å². The van der Waals surface area contributed by atoms with E-state index in [0.717, 1.165) is 32.9 Å².